The Morgan fingerprint density at radius 1 is 1.17 bits per heavy atom. The van der Waals surface area contributed by atoms with Crippen LogP contribution in [0.4, 0.5) is 0 Å². The molecule has 0 aromatic heterocycles. The van der Waals surface area contributed by atoms with E-state index in [-0.39, 0.29) is 11.6 Å². The molecule has 2 aliphatic heterocycles. The molecule has 2 fully saturated rings. The van der Waals surface area contributed by atoms with Gasteiger partial charge in [0.05, 0.1) is 6.04 Å². The summed E-state index contributed by atoms with van der Waals surface area (Å²) >= 11 is 0. The highest BCUT2D eigenvalue weighted by atomic mass is 16.2. The minimum absolute atomic E-state index is 0.0597. The molecule has 2 heterocycles. The Balaban J connectivity index is 1.86. The smallest absolute Gasteiger partial charge is 0.239 e. The maximum atomic E-state index is 12.3. The van der Waals surface area contributed by atoms with Gasteiger partial charge in [-0.3, -0.25) is 9.69 Å². The summed E-state index contributed by atoms with van der Waals surface area (Å²) in [7, 11) is 2.04. The van der Waals surface area contributed by atoms with Crippen LogP contribution in [0.3, 0.4) is 0 Å². The molecule has 0 bridgehead atoms. The summed E-state index contributed by atoms with van der Waals surface area (Å²) < 4.78 is 0. The predicted octanol–water partition coefficient (Wildman–Crippen LogP) is 1.07. The number of likely N-dealkylation sites (tertiary alicyclic amines) is 2. The normalized spacial score (nSPS) is 26.3. The molecule has 4 heteroatoms. The maximum Gasteiger partial charge on any atom is 0.239 e. The van der Waals surface area contributed by atoms with Crippen LogP contribution in [0.15, 0.2) is 0 Å². The third-order valence-corrected chi connectivity index (χ3v) is 4.83. The molecule has 1 unspecified atom stereocenters. The van der Waals surface area contributed by atoms with Crippen LogP contribution in [-0.2, 0) is 4.79 Å². The van der Waals surface area contributed by atoms with E-state index in [0.717, 1.165) is 39.0 Å². The van der Waals surface area contributed by atoms with Crippen LogP contribution < -0.4 is 5.32 Å². The van der Waals surface area contributed by atoms with E-state index in [1.807, 2.05) is 11.9 Å². The molecule has 2 aliphatic rings. The number of carbonyl (C=O) groups is 1. The molecule has 0 radical (unpaired) electrons. The third kappa shape index (κ3) is 2.86. The fraction of sp³-hybridized carbons (Fsp3) is 0.929. The van der Waals surface area contributed by atoms with Crippen molar-refractivity contribution >= 4 is 5.91 Å². The SMILES string of the molecule is CNC1(C)CCN(C(C)C(=O)N2CCCC2)CC1. The zero-order valence-corrected chi connectivity index (χ0v) is 12.0. The van der Waals surface area contributed by atoms with E-state index in [2.05, 4.69) is 24.1 Å². The first kappa shape index (κ1) is 13.8. The predicted molar refractivity (Wildman–Crippen MR) is 73.5 cm³/mol. The van der Waals surface area contributed by atoms with Crippen molar-refractivity contribution in [2.24, 2.45) is 0 Å². The second-order valence-corrected chi connectivity index (χ2v) is 6.05. The second kappa shape index (κ2) is 5.57. The molecular weight excluding hydrogens is 226 g/mol. The molecule has 2 saturated heterocycles. The van der Waals surface area contributed by atoms with Gasteiger partial charge in [0.1, 0.15) is 0 Å². The van der Waals surface area contributed by atoms with Crippen LogP contribution in [0.2, 0.25) is 0 Å². The molecular formula is C14H27N3O. The summed E-state index contributed by atoms with van der Waals surface area (Å²) in [4.78, 5) is 16.7. The first-order chi connectivity index (χ1) is 8.56. The van der Waals surface area contributed by atoms with Gasteiger partial charge >= 0.3 is 0 Å². The standard InChI is InChI=1S/C14H27N3O/c1-12(13(18)17-8-4-5-9-17)16-10-6-14(2,15-3)7-11-16/h12,15H,4-11H2,1-3H3. The Labute approximate surface area is 111 Å². The molecule has 0 aromatic rings. The lowest BCUT2D eigenvalue weighted by atomic mass is 9.89. The van der Waals surface area contributed by atoms with E-state index in [0.29, 0.717) is 5.91 Å². The van der Waals surface area contributed by atoms with Crippen LogP contribution >= 0.6 is 0 Å². The van der Waals surface area contributed by atoms with Crippen molar-refractivity contribution in [2.75, 3.05) is 33.2 Å². The largest absolute Gasteiger partial charge is 0.341 e. The zero-order chi connectivity index (χ0) is 13.2. The van der Waals surface area contributed by atoms with Crippen LogP contribution in [-0.4, -0.2) is 60.5 Å². The molecule has 4 nitrogen and oxygen atoms in total. The highest BCUT2D eigenvalue weighted by Crippen LogP contribution is 2.23. The van der Waals surface area contributed by atoms with Gasteiger partial charge in [-0.05, 0) is 46.6 Å². The van der Waals surface area contributed by atoms with Crippen LogP contribution in [0.1, 0.15) is 39.5 Å². The van der Waals surface area contributed by atoms with E-state index in [1.165, 1.54) is 12.8 Å². The van der Waals surface area contributed by atoms with Crippen LogP contribution in [0.25, 0.3) is 0 Å². The fourth-order valence-corrected chi connectivity index (χ4v) is 3.01. The van der Waals surface area contributed by atoms with Gasteiger partial charge in [0, 0.05) is 31.7 Å². The van der Waals surface area contributed by atoms with Gasteiger partial charge in [-0.15, -0.1) is 0 Å². The van der Waals surface area contributed by atoms with Crippen molar-refractivity contribution in [1.82, 2.24) is 15.1 Å². The van der Waals surface area contributed by atoms with E-state index in [1.54, 1.807) is 0 Å². The minimum atomic E-state index is 0.0597. The van der Waals surface area contributed by atoms with Gasteiger partial charge in [0.25, 0.3) is 0 Å². The van der Waals surface area contributed by atoms with Crippen molar-refractivity contribution in [3.05, 3.63) is 0 Å². The fourth-order valence-electron chi connectivity index (χ4n) is 3.01. The number of hydrogen-bond acceptors (Lipinski definition) is 3. The van der Waals surface area contributed by atoms with Crippen LogP contribution in [0, 0.1) is 0 Å². The summed E-state index contributed by atoms with van der Waals surface area (Å²) in [6.07, 6.45) is 4.61. The van der Waals surface area contributed by atoms with Gasteiger partial charge in [0.2, 0.25) is 5.91 Å². The summed E-state index contributed by atoms with van der Waals surface area (Å²) in [6, 6.07) is 0.0597. The van der Waals surface area contributed by atoms with E-state index < -0.39 is 0 Å². The number of piperidine rings is 1. The van der Waals surface area contributed by atoms with E-state index >= 15 is 0 Å². The van der Waals surface area contributed by atoms with Gasteiger partial charge in [0.15, 0.2) is 0 Å². The van der Waals surface area contributed by atoms with E-state index in [4.69, 9.17) is 0 Å². The summed E-state index contributed by atoms with van der Waals surface area (Å²) in [6.45, 7) is 8.33. The summed E-state index contributed by atoms with van der Waals surface area (Å²) in [5.74, 6) is 0.334. The number of carbonyl (C=O) groups excluding carboxylic acids is 1. The monoisotopic (exact) mass is 253 g/mol. The van der Waals surface area contributed by atoms with Gasteiger partial charge in [-0.2, -0.15) is 0 Å². The van der Waals surface area contributed by atoms with Gasteiger partial charge < -0.3 is 10.2 Å². The molecule has 0 saturated carbocycles. The second-order valence-electron chi connectivity index (χ2n) is 6.05. The maximum absolute atomic E-state index is 12.3. The molecule has 0 aromatic carbocycles. The molecule has 0 aliphatic carbocycles. The summed E-state index contributed by atoms with van der Waals surface area (Å²) in [5, 5.41) is 3.40. The molecule has 2 rings (SSSR count). The Morgan fingerprint density at radius 2 is 1.72 bits per heavy atom. The van der Waals surface area contributed by atoms with Crippen molar-refractivity contribution in [2.45, 2.75) is 51.1 Å². The first-order valence-corrected chi connectivity index (χ1v) is 7.27. The highest BCUT2D eigenvalue weighted by Gasteiger charge is 2.34. The first-order valence-electron chi connectivity index (χ1n) is 7.27. The zero-order valence-electron chi connectivity index (χ0n) is 12.0. The number of nitrogens with zero attached hydrogens (tertiary/aromatic N) is 2. The van der Waals surface area contributed by atoms with Crippen molar-refractivity contribution in [1.29, 1.82) is 0 Å². The quantitative estimate of drug-likeness (QED) is 0.817. The Hall–Kier alpha value is -0.610. The number of nitrogens with one attached hydrogen (secondary N) is 1. The molecule has 18 heavy (non-hydrogen) atoms. The van der Waals surface area contributed by atoms with Crippen molar-refractivity contribution < 1.29 is 4.79 Å². The van der Waals surface area contributed by atoms with Crippen LogP contribution in [0.5, 0.6) is 0 Å². The Kier molecular flexibility index (Phi) is 4.28. The summed E-state index contributed by atoms with van der Waals surface area (Å²) in [5.41, 5.74) is 0.257. The Bertz CT molecular complexity index is 291. The van der Waals surface area contributed by atoms with E-state index in [9.17, 15) is 4.79 Å². The van der Waals surface area contributed by atoms with Gasteiger partial charge in [-0.25, -0.2) is 0 Å². The third-order valence-electron chi connectivity index (χ3n) is 4.83. The Morgan fingerprint density at radius 3 is 2.22 bits per heavy atom. The minimum Gasteiger partial charge on any atom is -0.341 e. The molecule has 1 atom stereocenters. The topological polar surface area (TPSA) is 35.6 Å². The molecule has 104 valence electrons. The number of hydrogen-bond donors (Lipinski definition) is 1. The van der Waals surface area contributed by atoms with Gasteiger partial charge in [-0.1, -0.05) is 0 Å². The lowest BCUT2D eigenvalue weighted by Gasteiger charge is -2.41. The van der Waals surface area contributed by atoms with Crippen molar-refractivity contribution in [3.63, 3.8) is 0 Å². The lowest BCUT2D eigenvalue weighted by Crippen LogP contribution is -2.55. The highest BCUT2D eigenvalue weighted by molar-refractivity contribution is 5.81. The number of amides is 1. The number of rotatable bonds is 3. The lowest BCUT2D eigenvalue weighted by molar-refractivity contribution is -0.136. The molecule has 1 amide bonds. The van der Waals surface area contributed by atoms with Crippen molar-refractivity contribution in [3.8, 4) is 0 Å². The average molecular weight is 253 g/mol. The average Bonchev–Trinajstić information content (AvgIpc) is 2.92. The molecule has 0 spiro atoms. The molecule has 1 N–H and O–H groups in total.